The molecular weight excluding hydrogens is 460 g/mol. The van der Waals surface area contributed by atoms with Gasteiger partial charge in [-0.1, -0.05) is 11.6 Å². The van der Waals surface area contributed by atoms with Crippen LogP contribution in [0, 0.1) is 0 Å². The van der Waals surface area contributed by atoms with Crippen LogP contribution in [0.5, 0.6) is 5.75 Å². The lowest BCUT2D eigenvalue weighted by Crippen LogP contribution is -2.40. The molecule has 1 N–H and O–H groups in total. The average Bonchev–Trinajstić information content (AvgIpc) is 2.78. The molecule has 9 nitrogen and oxygen atoms in total. The fourth-order valence-corrected chi connectivity index (χ4v) is 4.46. The number of hydrogen-bond acceptors (Lipinski definition) is 7. The van der Waals surface area contributed by atoms with E-state index in [0.717, 1.165) is 0 Å². The van der Waals surface area contributed by atoms with Gasteiger partial charge < -0.3 is 19.1 Å². The Morgan fingerprint density at radius 1 is 1.12 bits per heavy atom. The van der Waals surface area contributed by atoms with E-state index in [1.807, 2.05) is 0 Å². The Labute approximate surface area is 191 Å². The largest absolute Gasteiger partial charge is 0.496 e. The van der Waals surface area contributed by atoms with Gasteiger partial charge in [0.15, 0.2) is 0 Å². The number of morpholine rings is 1. The van der Waals surface area contributed by atoms with Gasteiger partial charge in [0.2, 0.25) is 0 Å². The molecule has 1 aliphatic rings. The van der Waals surface area contributed by atoms with Crippen LogP contribution in [0.15, 0.2) is 41.3 Å². The lowest BCUT2D eigenvalue weighted by molar-refractivity contribution is 0.0300. The van der Waals surface area contributed by atoms with E-state index in [1.54, 1.807) is 11.8 Å². The molecule has 0 bridgehead atoms. The van der Waals surface area contributed by atoms with Gasteiger partial charge in [-0.3, -0.25) is 9.52 Å². The number of sulfonamides is 1. The molecule has 3 rings (SSSR count). The molecule has 32 heavy (non-hydrogen) atoms. The maximum atomic E-state index is 13.0. The summed E-state index contributed by atoms with van der Waals surface area (Å²) in [6.45, 7) is 3.49. The van der Waals surface area contributed by atoms with Crippen molar-refractivity contribution in [3.63, 3.8) is 0 Å². The molecule has 2 aromatic rings. The van der Waals surface area contributed by atoms with Crippen LogP contribution in [0.1, 0.15) is 27.6 Å². The Balaban J connectivity index is 1.87. The van der Waals surface area contributed by atoms with Crippen molar-refractivity contribution in [1.82, 2.24) is 4.90 Å². The zero-order chi connectivity index (χ0) is 23.3. The Morgan fingerprint density at radius 2 is 1.84 bits per heavy atom. The number of amides is 1. The highest BCUT2D eigenvalue weighted by atomic mass is 35.5. The zero-order valence-electron chi connectivity index (χ0n) is 17.6. The predicted octanol–water partition coefficient (Wildman–Crippen LogP) is 2.80. The first-order valence-corrected chi connectivity index (χ1v) is 11.7. The maximum absolute atomic E-state index is 13.0. The van der Waals surface area contributed by atoms with Crippen molar-refractivity contribution in [2.45, 2.75) is 11.8 Å². The summed E-state index contributed by atoms with van der Waals surface area (Å²) < 4.78 is 43.7. The number of carbonyl (C=O) groups excluding carboxylic acids is 2. The van der Waals surface area contributed by atoms with E-state index in [1.165, 1.54) is 43.5 Å². The molecule has 1 heterocycles. The minimum absolute atomic E-state index is 0.0431. The standard InChI is InChI=1S/C21H23ClN2O7S/c1-3-31-21(26)16-6-4-14(12-18(16)22)23-32(27,28)15-5-7-19(29-2)17(13-15)20(25)24-8-10-30-11-9-24/h4-7,12-13,23H,3,8-11H2,1-2H3. The number of halogens is 1. The number of nitrogens with one attached hydrogen (secondary N) is 1. The molecule has 1 amide bonds. The Morgan fingerprint density at radius 3 is 2.47 bits per heavy atom. The molecular formula is C21H23ClN2O7S. The van der Waals surface area contributed by atoms with Gasteiger partial charge in [0.25, 0.3) is 15.9 Å². The first-order chi connectivity index (χ1) is 15.3. The zero-order valence-corrected chi connectivity index (χ0v) is 19.2. The number of carbonyl (C=O) groups is 2. The molecule has 0 saturated carbocycles. The van der Waals surface area contributed by atoms with Crippen molar-refractivity contribution in [2.24, 2.45) is 0 Å². The number of esters is 1. The number of anilines is 1. The monoisotopic (exact) mass is 482 g/mol. The molecule has 2 aromatic carbocycles. The fraction of sp³-hybridized carbons (Fsp3) is 0.333. The second kappa shape index (κ2) is 10.2. The summed E-state index contributed by atoms with van der Waals surface area (Å²) >= 11 is 6.11. The van der Waals surface area contributed by atoms with Gasteiger partial charge in [0.1, 0.15) is 5.75 Å². The number of rotatable bonds is 7. The molecule has 11 heteroatoms. The summed E-state index contributed by atoms with van der Waals surface area (Å²) in [5.41, 5.74) is 0.409. The van der Waals surface area contributed by atoms with Gasteiger partial charge in [0, 0.05) is 13.1 Å². The minimum atomic E-state index is -4.06. The quantitative estimate of drug-likeness (QED) is 0.604. The molecule has 0 atom stereocenters. The topological polar surface area (TPSA) is 111 Å². The Bertz CT molecular complexity index is 1120. The molecule has 1 aliphatic heterocycles. The normalized spacial score (nSPS) is 14.0. The van der Waals surface area contributed by atoms with Crippen LogP contribution in [0.3, 0.4) is 0 Å². The average molecular weight is 483 g/mol. The summed E-state index contributed by atoms with van der Waals surface area (Å²) in [6, 6.07) is 8.13. The van der Waals surface area contributed by atoms with Gasteiger partial charge >= 0.3 is 5.97 Å². The summed E-state index contributed by atoms with van der Waals surface area (Å²) in [4.78, 5) is 26.3. The summed E-state index contributed by atoms with van der Waals surface area (Å²) in [5.74, 6) is -0.681. The van der Waals surface area contributed by atoms with E-state index < -0.39 is 16.0 Å². The third-order valence-electron chi connectivity index (χ3n) is 4.73. The smallest absolute Gasteiger partial charge is 0.339 e. The molecule has 0 spiro atoms. The Kier molecular flexibility index (Phi) is 7.60. The first-order valence-electron chi connectivity index (χ1n) is 9.81. The SMILES string of the molecule is CCOC(=O)c1ccc(NS(=O)(=O)c2ccc(OC)c(C(=O)N3CCOCC3)c2)cc1Cl. The van der Waals surface area contributed by atoms with Gasteiger partial charge in [-0.25, -0.2) is 13.2 Å². The highest BCUT2D eigenvalue weighted by molar-refractivity contribution is 7.92. The molecule has 0 radical (unpaired) electrons. The second-order valence-electron chi connectivity index (χ2n) is 6.79. The highest BCUT2D eigenvalue weighted by Gasteiger charge is 2.25. The third kappa shape index (κ3) is 5.32. The minimum Gasteiger partial charge on any atom is -0.496 e. The molecule has 0 unspecified atom stereocenters. The lowest BCUT2D eigenvalue weighted by Gasteiger charge is -2.27. The van der Waals surface area contributed by atoms with Gasteiger partial charge in [-0.05, 0) is 43.3 Å². The summed E-state index contributed by atoms with van der Waals surface area (Å²) in [7, 11) is -2.65. The van der Waals surface area contributed by atoms with Crippen molar-refractivity contribution in [3.8, 4) is 5.75 Å². The highest BCUT2D eigenvalue weighted by Crippen LogP contribution is 2.27. The summed E-state index contributed by atoms with van der Waals surface area (Å²) in [6.07, 6.45) is 0. The van der Waals surface area contributed by atoms with Crippen LogP contribution in [-0.2, 0) is 19.5 Å². The van der Waals surface area contributed by atoms with Crippen LogP contribution < -0.4 is 9.46 Å². The van der Waals surface area contributed by atoms with E-state index in [0.29, 0.717) is 26.3 Å². The number of hydrogen-bond donors (Lipinski definition) is 1. The number of methoxy groups -OCH3 is 1. The van der Waals surface area contributed by atoms with E-state index >= 15 is 0 Å². The van der Waals surface area contributed by atoms with E-state index in [9.17, 15) is 18.0 Å². The van der Waals surface area contributed by atoms with Crippen molar-refractivity contribution >= 4 is 39.2 Å². The number of benzene rings is 2. The summed E-state index contributed by atoms with van der Waals surface area (Å²) in [5, 5.41) is 0.0431. The van der Waals surface area contributed by atoms with Gasteiger partial charge in [-0.2, -0.15) is 0 Å². The van der Waals surface area contributed by atoms with E-state index in [4.69, 9.17) is 25.8 Å². The number of nitrogens with zero attached hydrogens (tertiary/aromatic N) is 1. The van der Waals surface area contributed by atoms with Gasteiger partial charge in [0.05, 0.1) is 53.7 Å². The molecule has 0 aliphatic carbocycles. The predicted molar refractivity (Wildman–Crippen MR) is 118 cm³/mol. The van der Waals surface area contributed by atoms with Crippen molar-refractivity contribution in [1.29, 1.82) is 0 Å². The van der Waals surface area contributed by atoms with Crippen LogP contribution in [0.4, 0.5) is 5.69 Å². The molecule has 0 aromatic heterocycles. The van der Waals surface area contributed by atoms with Crippen LogP contribution in [-0.4, -0.2) is 65.2 Å². The van der Waals surface area contributed by atoms with Crippen molar-refractivity contribution < 1.29 is 32.2 Å². The van der Waals surface area contributed by atoms with E-state index in [-0.39, 0.29) is 45.0 Å². The molecule has 1 saturated heterocycles. The van der Waals surface area contributed by atoms with E-state index in [2.05, 4.69) is 4.72 Å². The fourth-order valence-electron chi connectivity index (χ4n) is 3.13. The van der Waals surface area contributed by atoms with Gasteiger partial charge in [-0.15, -0.1) is 0 Å². The second-order valence-corrected chi connectivity index (χ2v) is 8.88. The van der Waals surface area contributed by atoms with Crippen molar-refractivity contribution in [3.05, 3.63) is 52.5 Å². The first kappa shape index (κ1) is 23.8. The third-order valence-corrected chi connectivity index (χ3v) is 6.42. The molecule has 172 valence electrons. The Hall–Kier alpha value is -2.82. The van der Waals surface area contributed by atoms with Crippen molar-refractivity contribution in [2.75, 3.05) is 44.7 Å². The lowest BCUT2D eigenvalue weighted by atomic mass is 10.1. The van der Waals surface area contributed by atoms with Crippen LogP contribution in [0.25, 0.3) is 0 Å². The van der Waals surface area contributed by atoms with Crippen LogP contribution in [0.2, 0.25) is 5.02 Å². The van der Waals surface area contributed by atoms with Crippen LogP contribution >= 0.6 is 11.6 Å². The number of ether oxygens (including phenoxy) is 3. The maximum Gasteiger partial charge on any atom is 0.339 e. The molecule has 1 fully saturated rings.